The van der Waals surface area contributed by atoms with Crippen LogP contribution in [0.15, 0.2) is 23.4 Å². The van der Waals surface area contributed by atoms with E-state index in [-0.39, 0.29) is 17.3 Å². The summed E-state index contributed by atoms with van der Waals surface area (Å²) in [6.45, 7) is 2.14. The molecule has 7 N–H and O–H groups in total. The number of urea groups is 1. The number of rotatable bonds is 3. The average molecular weight is 310 g/mol. The molecule has 1 aliphatic heterocycles. The van der Waals surface area contributed by atoms with Gasteiger partial charge in [-0.3, -0.25) is 0 Å². The maximum Gasteiger partial charge on any atom is 0.331 e. The van der Waals surface area contributed by atoms with Crippen LogP contribution in [0, 0.1) is 5.92 Å². The molecular formula is C13H18N4O5. The smallest absolute Gasteiger partial charge is 0.331 e. The highest BCUT2D eigenvalue weighted by atomic mass is 16.4. The monoisotopic (exact) mass is 310 g/mol. The highest BCUT2D eigenvalue weighted by molar-refractivity contribution is 5.94. The number of carbonyl (C=O) groups excluding carboxylic acids is 1. The first-order valence-electron chi connectivity index (χ1n) is 6.67. The van der Waals surface area contributed by atoms with Gasteiger partial charge in [-0.25, -0.2) is 14.4 Å². The Hall–Kier alpha value is -2.39. The first-order valence-corrected chi connectivity index (χ1v) is 6.67. The number of nitrogens with zero attached hydrogens (tertiary/aromatic N) is 1. The Morgan fingerprint density at radius 3 is 2.36 bits per heavy atom. The van der Waals surface area contributed by atoms with Gasteiger partial charge in [0.05, 0.1) is 5.70 Å². The topological polar surface area (TPSA) is 159 Å². The van der Waals surface area contributed by atoms with E-state index in [1.807, 2.05) is 0 Å². The number of carboxylic acids is 2. The van der Waals surface area contributed by atoms with Gasteiger partial charge >= 0.3 is 18.0 Å². The molecule has 1 fully saturated rings. The van der Waals surface area contributed by atoms with Crippen LogP contribution in [0.4, 0.5) is 4.79 Å². The summed E-state index contributed by atoms with van der Waals surface area (Å²) >= 11 is 0. The SMILES string of the molecule is CC1C(C(=O)O)=CC=C(NC(=O)N2CC(N)C2)C1(N)C(=O)O. The molecule has 0 aromatic carbocycles. The summed E-state index contributed by atoms with van der Waals surface area (Å²) < 4.78 is 0. The third kappa shape index (κ3) is 2.44. The summed E-state index contributed by atoms with van der Waals surface area (Å²) in [6.07, 6.45) is 2.47. The Morgan fingerprint density at radius 2 is 1.91 bits per heavy atom. The number of likely N-dealkylation sites (tertiary alicyclic amines) is 1. The minimum atomic E-state index is -2.02. The number of hydrogen-bond acceptors (Lipinski definition) is 5. The largest absolute Gasteiger partial charge is 0.480 e. The maximum absolute atomic E-state index is 12.0. The minimum absolute atomic E-state index is 0.0528. The normalized spacial score (nSPS) is 28.3. The van der Waals surface area contributed by atoms with Crippen LogP contribution < -0.4 is 16.8 Å². The second kappa shape index (κ2) is 5.43. The molecule has 0 bridgehead atoms. The molecule has 2 atom stereocenters. The maximum atomic E-state index is 12.0. The van der Waals surface area contributed by atoms with Gasteiger partial charge in [0.25, 0.3) is 0 Å². The predicted octanol–water partition coefficient (Wildman–Crippen LogP) is -1.33. The molecule has 9 nitrogen and oxygen atoms in total. The van der Waals surface area contributed by atoms with Crippen molar-refractivity contribution in [2.45, 2.75) is 18.5 Å². The molecule has 0 saturated carbocycles. The number of nitrogens with one attached hydrogen (secondary N) is 1. The second-order valence-corrected chi connectivity index (χ2v) is 5.50. The van der Waals surface area contributed by atoms with Crippen molar-refractivity contribution in [1.82, 2.24) is 10.2 Å². The Labute approximate surface area is 126 Å². The summed E-state index contributed by atoms with van der Waals surface area (Å²) in [7, 11) is 0. The van der Waals surface area contributed by atoms with E-state index in [1.165, 1.54) is 24.0 Å². The van der Waals surface area contributed by atoms with Gasteiger partial charge in [0.15, 0.2) is 5.54 Å². The van der Waals surface area contributed by atoms with E-state index in [1.54, 1.807) is 0 Å². The van der Waals surface area contributed by atoms with E-state index < -0.39 is 29.4 Å². The molecule has 0 radical (unpaired) electrons. The van der Waals surface area contributed by atoms with Crippen molar-refractivity contribution >= 4 is 18.0 Å². The minimum Gasteiger partial charge on any atom is -0.480 e. The highest BCUT2D eigenvalue weighted by Gasteiger charge is 2.49. The van der Waals surface area contributed by atoms with Gasteiger partial charge in [-0.15, -0.1) is 0 Å². The Bertz CT molecular complexity index is 593. The zero-order valence-corrected chi connectivity index (χ0v) is 11.9. The molecule has 120 valence electrons. The number of aliphatic carboxylic acids is 2. The second-order valence-electron chi connectivity index (χ2n) is 5.50. The molecule has 22 heavy (non-hydrogen) atoms. The number of nitrogens with two attached hydrogens (primary N) is 2. The van der Waals surface area contributed by atoms with E-state index in [0.29, 0.717) is 13.1 Å². The standard InChI is InChI=1S/C13H18N4O5/c1-6-8(10(18)19)2-3-9(13(6,15)11(20)21)16-12(22)17-4-7(14)5-17/h2-3,6-7H,4-5,14-15H2,1H3,(H,16,22)(H,18,19)(H,20,21). The molecule has 1 saturated heterocycles. The molecule has 2 aliphatic rings. The zero-order valence-electron chi connectivity index (χ0n) is 11.9. The van der Waals surface area contributed by atoms with Gasteiger partial charge in [-0.2, -0.15) is 0 Å². The van der Waals surface area contributed by atoms with Gasteiger partial charge in [-0.05, 0) is 12.2 Å². The van der Waals surface area contributed by atoms with Crippen LogP contribution in [0.3, 0.4) is 0 Å². The van der Waals surface area contributed by atoms with E-state index in [9.17, 15) is 19.5 Å². The number of amides is 2. The molecule has 0 aromatic heterocycles. The first kappa shape index (κ1) is 16.0. The van der Waals surface area contributed by atoms with E-state index in [2.05, 4.69) is 5.32 Å². The van der Waals surface area contributed by atoms with Crippen molar-refractivity contribution < 1.29 is 24.6 Å². The van der Waals surface area contributed by atoms with Crippen LogP contribution in [0.25, 0.3) is 0 Å². The predicted molar refractivity (Wildman–Crippen MR) is 75.6 cm³/mol. The van der Waals surface area contributed by atoms with E-state index in [4.69, 9.17) is 16.6 Å². The average Bonchev–Trinajstić information content (AvgIpc) is 2.39. The Kier molecular flexibility index (Phi) is 3.94. The summed E-state index contributed by atoms with van der Waals surface area (Å²) in [5.74, 6) is -3.68. The summed E-state index contributed by atoms with van der Waals surface area (Å²) in [4.78, 5) is 36.1. The van der Waals surface area contributed by atoms with Gasteiger partial charge in [0, 0.05) is 30.6 Å². The molecule has 2 rings (SSSR count). The van der Waals surface area contributed by atoms with Crippen molar-refractivity contribution in [3.05, 3.63) is 23.4 Å². The summed E-state index contributed by atoms with van der Waals surface area (Å²) in [6, 6.07) is -0.603. The van der Waals surface area contributed by atoms with Crippen molar-refractivity contribution in [2.24, 2.45) is 17.4 Å². The van der Waals surface area contributed by atoms with Crippen molar-refractivity contribution in [1.29, 1.82) is 0 Å². The number of carbonyl (C=O) groups is 3. The van der Waals surface area contributed by atoms with Gasteiger partial charge in [0.1, 0.15) is 0 Å². The number of allylic oxidation sites excluding steroid dienone is 2. The van der Waals surface area contributed by atoms with Crippen LogP contribution >= 0.6 is 0 Å². The van der Waals surface area contributed by atoms with E-state index >= 15 is 0 Å². The fourth-order valence-corrected chi connectivity index (χ4v) is 2.51. The summed E-state index contributed by atoms with van der Waals surface area (Å²) in [5.41, 5.74) is 9.30. The van der Waals surface area contributed by atoms with E-state index in [0.717, 1.165) is 0 Å². The lowest BCUT2D eigenvalue weighted by atomic mass is 9.75. The molecule has 1 heterocycles. The molecule has 0 aromatic rings. The van der Waals surface area contributed by atoms with Gasteiger partial charge < -0.3 is 31.9 Å². The van der Waals surface area contributed by atoms with Crippen LogP contribution in [0.5, 0.6) is 0 Å². The molecule has 1 aliphatic carbocycles. The van der Waals surface area contributed by atoms with Crippen LogP contribution in [0.2, 0.25) is 0 Å². The van der Waals surface area contributed by atoms with Crippen molar-refractivity contribution in [2.75, 3.05) is 13.1 Å². The van der Waals surface area contributed by atoms with Crippen molar-refractivity contribution in [3.8, 4) is 0 Å². The van der Waals surface area contributed by atoms with Crippen LogP contribution in [-0.4, -0.2) is 57.8 Å². The quantitative estimate of drug-likeness (QED) is 0.431. The van der Waals surface area contributed by atoms with Crippen LogP contribution in [-0.2, 0) is 9.59 Å². The molecular weight excluding hydrogens is 292 g/mol. The fraction of sp³-hybridized carbons (Fsp3) is 0.462. The van der Waals surface area contributed by atoms with Crippen LogP contribution in [0.1, 0.15) is 6.92 Å². The molecule has 9 heteroatoms. The van der Waals surface area contributed by atoms with Gasteiger partial charge in [0.2, 0.25) is 0 Å². The summed E-state index contributed by atoms with van der Waals surface area (Å²) in [5, 5.41) is 21.0. The third-order valence-corrected chi connectivity index (χ3v) is 4.06. The molecule has 2 amide bonds. The Balaban J connectivity index is 2.28. The third-order valence-electron chi connectivity index (χ3n) is 4.06. The fourth-order valence-electron chi connectivity index (χ4n) is 2.51. The molecule has 0 spiro atoms. The highest BCUT2D eigenvalue weighted by Crippen LogP contribution is 2.32. The molecule has 2 unspecified atom stereocenters. The lowest BCUT2D eigenvalue weighted by Gasteiger charge is -2.40. The Morgan fingerprint density at radius 1 is 1.32 bits per heavy atom. The lowest BCUT2D eigenvalue weighted by Crippen LogP contribution is -2.64. The van der Waals surface area contributed by atoms with Gasteiger partial charge in [-0.1, -0.05) is 6.92 Å². The lowest BCUT2D eigenvalue weighted by molar-refractivity contribution is -0.143. The van der Waals surface area contributed by atoms with Crippen molar-refractivity contribution in [3.63, 3.8) is 0 Å². The number of carboxylic acid groups (broad SMARTS) is 2. The first-order chi connectivity index (χ1) is 10.2. The number of hydrogen-bond donors (Lipinski definition) is 5. The zero-order chi connectivity index (χ0) is 16.7.